The summed E-state index contributed by atoms with van der Waals surface area (Å²) in [6.07, 6.45) is 1.77. The summed E-state index contributed by atoms with van der Waals surface area (Å²) in [6, 6.07) is 11.4. The highest BCUT2D eigenvalue weighted by molar-refractivity contribution is 7.99. The molecule has 172 valence electrons. The van der Waals surface area contributed by atoms with Crippen molar-refractivity contribution < 1.29 is 22.7 Å². The molecule has 1 heterocycles. The Hall–Kier alpha value is -1.78. The largest absolute Gasteiger partial charge is 0.456 e. The van der Waals surface area contributed by atoms with Crippen LogP contribution in [-0.2, 0) is 24.3 Å². The summed E-state index contributed by atoms with van der Waals surface area (Å²) in [6.45, 7) is 0.446. The fourth-order valence-electron chi connectivity index (χ4n) is 3.03. The molecule has 0 aliphatic carbocycles. The number of carbonyl (C=O) groups is 2. The number of ether oxygens (including phenoxy) is 1. The van der Waals surface area contributed by atoms with Crippen molar-refractivity contribution in [2.24, 2.45) is 0 Å². The number of rotatable bonds is 9. The smallest absolute Gasteiger partial charge is 0.307 e. The van der Waals surface area contributed by atoms with Crippen LogP contribution in [0.3, 0.4) is 0 Å². The first-order chi connectivity index (χ1) is 15.3. The lowest BCUT2D eigenvalue weighted by Crippen LogP contribution is -2.28. The van der Waals surface area contributed by atoms with Gasteiger partial charge < -0.3 is 10.1 Å². The minimum atomic E-state index is -3.65. The molecule has 0 bridgehead atoms. The standard InChI is InChI=1S/C21H22Cl2N2O5S2/c22-15-3-5-16(6-4-15)31-12-9-21(27)30-14-20(26)24-19-13-17(7-8-18(19)23)32(28,29)25-10-1-2-11-25/h3-8,13H,1-2,9-12,14H2,(H,24,26). The molecule has 1 amide bonds. The molecule has 11 heteroatoms. The SMILES string of the molecule is O=C(COC(=O)CCSc1ccc(Cl)cc1)Nc1cc(S(=O)(=O)N2CCCC2)ccc1Cl. The predicted molar refractivity (Wildman–Crippen MR) is 126 cm³/mol. The monoisotopic (exact) mass is 516 g/mol. The summed E-state index contributed by atoms with van der Waals surface area (Å²) in [5, 5.41) is 3.33. The van der Waals surface area contributed by atoms with Gasteiger partial charge in [-0.3, -0.25) is 9.59 Å². The van der Waals surface area contributed by atoms with E-state index in [0.717, 1.165) is 17.7 Å². The minimum absolute atomic E-state index is 0.0512. The number of carbonyl (C=O) groups excluding carboxylic acids is 2. The Balaban J connectivity index is 1.48. The van der Waals surface area contributed by atoms with Gasteiger partial charge in [0.15, 0.2) is 6.61 Å². The van der Waals surface area contributed by atoms with Crippen molar-refractivity contribution in [1.82, 2.24) is 4.31 Å². The molecule has 0 radical (unpaired) electrons. The average molecular weight is 517 g/mol. The van der Waals surface area contributed by atoms with Crippen LogP contribution in [0.15, 0.2) is 52.3 Å². The lowest BCUT2D eigenvalue weighted by Gasteiger charge is -2.16. The lowest BCUT2D eigenvalue weighted by molar-refractivity contribution is -0.146. The van der Waals surface area contributed by atoms with Gasteiger partial charge in [-0.1, -0.05) is 23.2 Å². The van der Waals surface area contributed by atoms with E-state index >= 15 is 0 Å². The quantitative estimate of drug-likeness (QED) is 0.391. The Kier molecular flexibility index (Phi) is 8.84. The molecule has 1 N–H and O–H groups in total. The van der Waals surface area contributed by atoms with Gasteiger partial charge in [0.05, 0.1) is 22.0 Å². The van der Waals surface area contributed by atoms with Crippen molar-refractivity contribution >= 4 is 62.6 Å². The zero-order valence-electron chi connectivity index (χ0n) is 17.1. The molecular weight excluding hydrogens is 495 g/mol. The summed E-state index contributed by atoms with van der Waals surface area (Å²) in [4.78, 5) is 25.1. The van der Waals surface area contributed by atoms with Gasteiger partial charge >= 0.3 is 5.97 Å². The van der Waals surface area contributed by atoms with Crippen LogP contribution in [-0.4, -0.2) is 50.0 Å². The highest BCUT2D eigenvalue weighted by atomic mass is 35.5. The fourth-order valence-corrected chi connectivity index (χ4v) is 5.69. The Bertz CT molecular complexity index is 1070. The topological polar surface area (TPSA) is 92.8 Å². The van der Waals surface area contributed by atoms with Gasteiger partial charge in [0.25, 0.3) is 5.91 Å². The van der Waals surface area contributed by atoms with E-state index in [-0.39, 0.29) is 22.0 Å². The van der Waals surface area contributed by atoms with Crippen LogP contribution < -0.4 is 5.32 Å². The maximum atomic E-state index is 12.7. The lowest BCUT2D eigenvalue weighted by atomic mass is 10.3. The number of hydrogen-bond donors (Lipinski definition) is 1. The fraction of sp³-hybridized carbons (Fsp3) is 0.333. The minimum Gasteiger partial charge on any atom is -0.456 e. The molecule has 0 aromatic heterocycles. The molecular formula is C21H22Cl2N2O5S2. The molecule has 0 atom stereocenters. The Morgan fingerprint density at radius 1 is 1.06 bits per heavy atom. The molecule has 3 rings (SSSR count). The normalized spacial score (nSPS) is 14.3. The first-order valence-corrected chi connectivity index (χ1v) is 13.1. The maximum Gasteiger partial charge on any atom is 0.307 e. The van der Waals surface area contributed by atoms with Crippen LogP contribution in [0.5, 0.6) is 0 Å². The van der Waals surface area contributed by atoms with Gasteiger partial charge in [-0.15, -0.1) is 11.8 Å². The highest BCUT2D eigenvalue weighted by Gasteiger charge is 2.27. The zero-order valence-corrected chi connectivity index (χ0v) is 20.2. The predicted octanol–water partition coefficient (Wildman–Crippen LogP) is 4.44. The van der Waals surface area contributed by atoms with E-state index in [0.29, 0.717) is 23.9 Å². The van der Waals surface area contributed by atoms with Gasteiger partial charge in [-0.2, -0.15) is 4.31 Å². The number of thioether (sulfide) groups is 1. The van der Waals surface area contributed by atoms with Gasteiger partial charge in [0.1, 0.15) is 0 Å². The van der Waals surface area contributed by atoms with Crippen molar-refractivity contribution in [1.29, 1.82) is 0 Å². The first kappa shape index (κ1) is 24.9. The Labute approximate surface area is 201 Å². The van der Waals surface area contributed by atoms with Crippen LogP contribution in [0.1, 0.15) is 19.3 Å². The third-order valence-corrected chi connectivity index (χ3v) is 8.16. The van der Waals surface area contributed by atoms with Gasteiger partial charge in [-0.05, 0) is 55.3 Å². The molecule has 1 aliphatic rings. The summed E-state index contributed by atoms with van der Waals surface area (Å²) < 4.78 is 31.8. The van der Waals surface area contributed by atoms with Crippen LogP contribution in [0.4, 0.5) is 5.69 Å². The third kappa shape index (κ3) is 6.86. The molecule has 2 aromatic rings. The first-order valence-electron chi connectivity index (χ1n) is 9.89. The van der Waals surface area contributed by atoms with Crippen molar-refractivity contribution in [2.45, 2.75) is 29.1 Å². The van der Waals surface area contributed by atoms with E-state index in [4.69, 9.17) is 27.9 Å². The zero-order chi connectivity index (χ0) is 23.1. The van der Waals surface area contributed by atoms with Crippen LogP contribution in [0, 0.1) is 0 Å². The number of hydrogen-bond acceptors (Lipinski definition) is 6. The number of amides is 1. The highest BCUT2D eigenvalue weighted by Crippen LogP contribution is 2.28. The average Bonchev–Trinajstić information content (AvgIpc) is 3.31. The number of esters is 1. The summed E-state index contributed by atoms with van der Waals surface area (Å²) >= 11 is 13.4. The third-order valence-electron chi connectivity index (χ3n) is 4.67. The second-order valence-electron chi connectivity index (χ2n) is 7.01. The van der Waals surface area contributed by atoms with Crippen molar-refractivity contribution in [3.05, 3.63) is 52.5 Å². The molecule has 7 nitrogen and oxygen atoms in total. The van der Waals surface area contributed by atoms with E-state index in [9.17, 15) is 18.0 Å². The van der Waals surface area contributed by atoms with Crippen LogP contribution in [0.25, 0.3) is 0 Å². The number of anilines is 1. The van der Waals surface area contributed by atoms with Crippen LogP contribution in [0.2, 0.25) is 10.0 Å². The van der Waals surface area contributed by atoms with Gasteiger partial charge in [0, 0.05) is 28.8 Å². The van der Waals surface area contributed by atoms with Crippen molar-refractivity contribution in [2.75, 3.05) is 30.8 Å². The molecule has 0 spiro atoms. The summed E-state index contributed by atoms with van der Waals surface area (Å²) in [5.41, 5.74) is 0.145. The molecule has 2 aromatic carbocycles. The Morgan fingerprint density at radius 3 is 2.44 bits per heavy atom. The summed E-state index contributed by atoms with van der Waals surface area (Å²) in [7, 11) is -3.65. The van der Waals surface area contributed by atoms with Crippen LogP contribution >= 0.6 is 35.0 Å². The van der Waals surface area contributed by atoms with Gasteiger partial charge in [-0.25, -0.2) is 8.42 Å². The number of nitrogens with zero attached hydrogens (tertiary/aromatic N) is 1. The Morgan fingerprint density at radius 2 is 1.75 bits per heavy atom. The maximum absolute atomic E-state index is 12.7. The number of halogens is 2. The van der Waals surface area contributed by atoms with E-state index < -0.39 is 28.5 Å². The molecule has 1 fully saturated rings. The molecule has 0 saturated carbocycles. The van der Waals surface area contributed by atoms with Crippen molar-refractivity contribution in [3.8, 4) is 0 Å². The molecule has 0 unspecified atom stereocenters. The van der Waals surface area contributed by atoms with E-state index in [1.165, 1.54) is 34.3 Å². The second-order valence-corrected chi connectivity index (χ2v) is 11.0. The van der Waals surface area contributed by atoms with Crippen molar-refractivity contribution in [3.63, 3.8) is 0 Å². The van der Waals surface area contributed by atoms with E-state index in [1.807, 2.05) is 12.1 Å². The number of nitrogens with one attached hydrogen (secondary N) is 1. The summed E-state index contributed by atoms with van der Waals surface area (Å²) in [5.74, 6) is -0.635. The number of benzene rings is 2. The molecule has 1 aliphatic heterocycles. The van der Waals surface area contributed by atoms with E-state index in [1.54, 1.807) is 12.1 Å². The number of sulfonamides is 1. The molecule has 32 heavy (non-hydrogen) atoms. The van der Waals surface area contributed by atoms with E-state index in [2.05, 4.69) is 5.32 Å². The van der Waals surface area contributed by atoms with Gasteiger partial charge in [0.2, 0.25) is 10.0 Å². The second kappa shape index (κ2) is 11.4. The molecule has 1 saturated heterocycles.